The third kappa shape index (κ3) is 4.71. The van der Waals surface area contributed by atoms with Gasteiger partial charge in [0.05, 0.1) is 11.7 Å². The largest absolute Gasteiger partial charge is 0.370 e. The zero-order valence-electron chi connectivity index (χ0n) is 13.8. The molecule has 0 aromatic rings. The molecule has 3 nitrogen and oxygen atoms in total. The third-order valence-corrected chi connectivity index (χ3v) is 5.22. The Labute approximate surface area is 125 Å². The Kier molecular flexibility index (Phi) is 6.31. The summed E-state index contributed by atoms with van der Waals surface area (Å²) in [6.07, 6.45) is 11.0. The first-order valence-corrected chi connectivity index (χ1v) is 8.70. The second kappa shape index (κ2) is 7.77. The molecular weight excluding hydrogens is 248 g/mol. The first kappa shape index (κ1) is 16.3. The van der Waals surface area contributed by atoms with Gasteiger partial charge in [0.2, 0.25) is 0 Å². The number of rotatable bonds is 8. The lowest BCUT2D eigenvalue weighted by molar-refractivity contribution is -0.0350. The van der Waals surface area contributed by atoms with E-state index in [4.69, 9.17) is 4.74 Å². The molecular formula is C17H34N2O. The van der Waals surface area contributed by atoms with Crippen molar-refractivity contribution >= 4 is 0 Å². The fourth-order valence-corrected chi connectivity index (χ4v) is 3.56. The van der Waals surface area contributed by atoms with Crippen LogP contribution in [0.1, 0.15) is 65.2 Å². The van der Waals surface area contributed by atoms with Gasteiger partial charge in [-0.05, 0) is 72.5 Å². The zero-order valence-corrected chi connectivity index (χ0v) is 13.8. The van der Waals surface area contributed by atoms with Crippen molar-refractivity contribution in [3.8, 4) is 0 Å². The molecule has 2 fully saturated rings. The van der Waals surface area contributed by atoms with E-state index in [1.165, 1.54) is 57.9 Å². The van der Waals surface area contributed by atoms with Crippen molar-refractivity contribution in [2.75, 3.05) is 26.7 Å². The number of nitrogens with zero attached hydrogens (tertiary/aromatic N) is 1. The Morgan fingerprint density at radius 1 is 1.20 bits per heavy atom. The van der Waals surface area contributed by atoms with Gasteiger partial charge < -0.3 is 15.0 Å². The van der Waals surface area contributed by atoms with Crippen LogP contribution >= 0.6 is 0 Å². The molecule has 1 aliphatic heterocycles. The Morgan fingerprint density at radius 3 is 2.65 bits per heavy atom. The first-order valence-electron chi connectivity index (χ1n) is 8.70. The minimum absolute atomic E-state index is 0.298. The highest BCUT2D eigenvalue weighted by atomic mass is 16.5. The van der Waals surface area contributed by atoms with Crippen molar-refractivity contribution in [1.29, 1.82) is 0 Å². The summed E-state index contributed by atoms with van der Waals surface area (Å²) in [6.45, 7) is 7.92. The maximum Gasteiger partial charge on any atom is 0.0708 e. The zero-order chi connectivity index (χ0) is 14.4. The first-order chi connectivity index (χ1) is 9.61. The minimum Gasteiger partial charge on any atom is -0.370 e. The summed E-state index contributed by atoms with van der Waals surface area (Å²) in [5, 5.41) is 3.59. The van der Waals surface area contributed by atoms with Gasteiger partial charge >= 0.3 is 0 Å². The molecule has 2 aliphatic rings. The summed E-state index contributed by atoms with van der Waals surface area (Å²) in [6, 6.07) is 0.664. The normalized spacial score (nSPS) is 25.4. The van der Waals surface area contributed by atoms with Crippen LogP contribution in [-0.4, -0.2) is 49.3 Å². The summed E-state index contributed by atoms with van der Waals surface area (Å²) in [4.78, 5) is 2.42. The molecule has 0 amide bonds. The molecule has 2 rings (SSSR count). The molecule has 1 saturated heterocycles. The molecule has 0 aromatic carbocycles. The Hall–Kier alpha value is -0.120. The molecule has 0 bridgehead atoms. The molecule has 1 aliphatic carbocycles. The third-order valence-electron chi connectivity index (χ3n) is 5.22. The van der Waals surface area contributed by atoms with Gasteiger partial charge in [-0.3, -0.25) is 0 Å². The summed E-state index contributed by atoms with van der Waals surface area (Å²) >= 11 is 0. The van der Waals surface area contributed by atoms with E-state index in [1.54, 1.807) is 0 Å². The Bertz CT molecular complexity index is 274. The number of nitrogens with one attached hydrogen (secondary N) is 1. The van der Waals surface area contributed by atoms with E-state index in [1.807, 2.05) is 0 Å². The lowest BCUT2D eigenvalue weighted by Crippen LogP contribution is -2.32. The van der Waals surface area contributed by atoms with Crippen LogP contribution in [-0.2, 0) is 4.74 Å². The van der Waals surface area contributed by atoms with Crippen molar-refractivity contribution in [1.82, 2.24) is 10.2 Å². The van der Waals surface area contributed by atoms with E-state index < -0.39 is 0 Å². The second-order valence-corrected chi connectivity index (χ2v) is 7.15. The van der Waals surface area contributed by atoms with Crippen LogP contribution < -0.4 is 5.32 Å². The monoisotopic (exact) mass is 282 g/mol. The fraction of sp³-hybridized carbons (Fsp3) is 1.00. The lowest BCUT2D eigenvalue weighted by atomic mass is 9.98. The smallest absolute Gasteiger partial charge is 0.0708 e. The van der Waals surface area contributed by atoms with E-state index in [0.717, 1.165) is 13.1 Å². The summed E-state index contributed by atoms with van der Waals surface area (Å²) in [7, 11) is 2.21. The Balaban J connectivity index is 1.48. The molecule has 1 N–H and O–H groups in total. The fourth-order valence-electron chi connectivity index (χ4n) is 3.56. The SMILES string of the molecule is CC(C)N(C)CCCCNCC1CCC2(CCCC2)O1. The van der Waals surface area contributed by atoms with Crippen molar-refractivity contribution in [2.45, 2.75) is 83.0 Å². The van der Waals surface area contributed by atoms with Crippen LogP contribution in [0, 0.1) is 0 Å². The average molecular weight is 282 g/mol. The van der Waals surface area contributed by atoms with Crippen LogP contribution in [0.2, 0.25) is 0 Å². The van der Waals surface area contributed by atoms with E-state index in [-0.39, 0.29) is 0 Å². The maximum atomic E-state index is 6.32. The van der Waals surface area contributed by atoms with Crippen molar-refractivity contribution in [2.24, 2.45) is 0 Å². The minimum atomic E-state index is 0.298. The van der Waals surface area contributed by atoms with Crippen LogP contribution in [0.5, 0.6) is 0 Å². The van der Waals surface area contributed by atoms with Gasteiger partial charge in [0.25, 0.3) is 0 Å². The topological polar surface area (TPSA) is 24.5 Å². The predicted molar refractivity (Wildman–Crippen MR) is 85.2 cm³/mol. The number of ether oxygens (including phenoxy) is 1. The predicted octanol–water partition coefficient (Wildman–Crippen LogP) is 3.19. The summed E-state index contributed by atoms with van der Waals surface area (Å²) < 4.78 is 6.32. The van der Waals surface area contributed by atoms with Gasteiger partial charge in [-0.1, -0.05) is 12.8 Å². The van der Waals surface area contributed by atoms with Crippen molar-refractivity contribution in [3.05, 3.63) is 0 Å². The van der Waals surface area contributed by atoms with E-state index in [9.17, 15) is 0 Å². The summed E-state index contributed by atoms with van der Waals surface area (Å²) in [5.41, 5.74) is 0.298. The van der Waals surface area contributed by atoms with Gasteiger partial charge in [0.15, 0.2) is 0 Å². The van der Waals surface area contributed by atoms with Gasteiger partial charge in [-0.25, -0.2) is 0 Å². The second-order valence-electron chi connectivity index (χ2n) is 7.15. The Morgan fingerprint density at radius 2 is 1.95 bits per heavy atom. The van der Waals surface area contributed by atoms with Crippen molar-refractivity contribution in [3.63, 3.8) is 0 Å². The van der Waals surface area contributed by atoms with Crippen molar-refractivity contribution < 1.29 is 4.74 Å². The molecule has 0 aromatic heterocycles. The molecule has 1 atom stereocenters. The van der Waals surface area contributed by atoms with Gasteiger partial charge in [0, 0.05) is 12.6 Å². The molecule has 118 valence electrons. The highest BCUT2D eigenvalue weighted by Gasteiger charge is 2.41. The molecule has 1 spiro atoms. The van der Waals surface area contributed by atoms with E-state index in [2.05, 4.69) is 31.1 Å². The number of hydrogen-bond acceptors (Lipinski definition) is 3. The molecule has 0 radical (unpaired) electrons. The van der Waals surface area contributed by atoms with E-state index >= 15 is 0 Å². The van der Waals surface area contributed by atoms with Crippen LogP contribution in [0.25, 0.3) is 0 Å². The van der Waals surface area contributed by atoms with Gasteiger partial charge in [-0.15, -0.1) is 0 Å². The highest BCUT2D eigenvalue weighted by molar-refractivity contribution is 4.93. The molecule has 1 heterocycles. The number of unbranched alkanes of at least 4 members (excludes halogenated alkanes) is 1. The maximum absolute atomic E-state index is 6.32. The lowest BCUT2D eigenvalue weighted by Gasteiger charge is -2.24. The average Bonchev–Trinajstić information content (AvgIpc) is 3.04. The quantitative estimate of drug-likeness (QED) is 0.692. The van der Waals surface area contributed by atoms with Crippen LogP contribution in [0.4, 0.5) is 0 Å². The molecule has 1 unspecified atom stereocenters. The standard InChI is InChI=1S/C17H34N2O/c1-15(2)19(3)13-7-6-12-18-14-16-8-11-17(20-16)9-4-5-10-17/h15-16,18H,4-14H2,1-3H3. The van der Waals surface area contributed by atoms with Crippen LogP contribution in [0.3, 0.4) is 0 Å². The van der Waals surface area contributed by atoms with Gasteiger partial charge in [-0.2, -0.15) is 0 Å². The molecule has 3 heteroatoms. The molecule has 1 saturated carbocycles. The van der Waals surface area contributed by atoms with Crippen LogP contribution in [0.15, 0.2) is 0 Å². The van der Waals surface area contributed by atoms with E-state index in [0.29, 0.717) is 17.7 Å². The van der Waals surface area contributed by atoms with Gasteiger partial charge in [0.1, 0.15) is 0 Å². The summed E-state index contributed by atoms with van der Waals surface area (Å²) in [5.74, 6) is 0. The molecule has 20 heavy (non-hydrogen) atoms. The highest BCUT2D eigenvalue weighted by Crippen LogP contribution is 2.43. The number of hydrogen-bond donors (Lipinski definition) is 1.